The van der Waals surface area contributed by atoms with Crippen LogP contribution in [0, 0.1) is 13.8 Å². The van der Waals surface area contributed by atoms with Gasteiger partial charge in [0.1, 0.15) is 4.83 Å². The van der Waals surface area contributed by atoms with Crippen LogP contribution in [0.1, 0.15) is 10.4 Å². The van der Waals surface area contributed by atoms with Crippen molar-refractivity contribution in [1.29, 1.82) is 0 Å². The number of fused-ring (bicyclic) bond motifs is 1. The van der Waals surface area contributed by atoms with Crippen molar-refractivity contribution in [2.24, 2.45) is 7.05 Å². The van der Waals surface area contributed by atoms with Gasteiger partial charge < -0.3 is 4.57 Å². The van der Waals surface area contributed by atoms with Crippen molar-refractivity contribution in [3.8, 4) is 0 Å². The van der Waals surface area contributed by atoms with Crippen LogP contribution in [0.15, 0.2) is 11.1 Å². The third kappa shape index (κ3) is 1.09. The number of hydrogen-bond acceptors (Lipinski definition) is 3. The molecule has 3 nitrogen and oxygen atoms in total. The molecule has 68 valence electrons. The molecular formula is C9H10N2OS. The maximum Gasteiger partial charge on any atom is 0.262 e. The molecule has 0 amide bonds. The van der Waals surface area contributed by atoms with E-state index in [-0.39, 0.29) is 5.56 Å². The minimum Gasteiger partial charge on any atom is -0.302 e. The molecule has 2 heterocycles. The van der Waals surface area contributed by atoms with Gasteiger partial charge in [0, 0.05) is 11.9 Å². The highest BCUT2D eigenvalue weighted by Gasteiger charge is 2.09. The third-order valence-electron chi connectivity index (χ3n) is 2.25. The van der Waals surface area contributed by atoms with Crippen LogP contribution < -0.4 is 5.56 Å². The molecule has 0 fully saturated rings. The Bertz CT molecular complexity index is 524. The van der Waals surface area contributed by atoms with Crippen molar-refractivity contribution in [2.45, 2.75) is 13.8 Å². The van der Waals surface area contributed by atoms with Gasteiger partial charge in [-0.3, -0.25) is 4.79 Å². The van der Waals surface area contributed by atoms with Crippen LogP contribution in [0.25, 0.3) is 10.2 Å². The second kappa shape index (κ2) is 2.67. The normalized spacial score (nSPS) is 11.0. The van der Waals surface area contributed by atoms with E-state index in [4.69, 9.17) is 0 Å². The largest absolute Gasteiger partial charge is 0.302 e. The minimum atomic E-state index is 0.0480. The first kappa shape index (κ1) is 8.44. The summed E-state index contributed by atoms with van der Waals surface area (Å²) in [6.07, 6.45) is 1.57. The molecule has 2 aromatic rings. The monoisotopic (exact) mass is 194 g/mol. The molecule has 0 atom stereocenters. The van der Waals surface area contributed by atoms with Gasteiger partial charge in [-0.15, -0.1) is 11.3 Å². The first-order valence-electron chi connectivity index (χ1n) is 4.02. The fraction of sp³-hybridized carbons (Fsp3) is 0.333. The summed E-state index contributed by atoms with van der Waals surface area (Å²) >= 11 is 1.58. The lowest BCUT2D eigenvalue weighted by Crippen LogP contribution is -2.16. The summed E-state index contributed by atoms with van der Waals surface area (Å²) in [4.78, 5) is 17.9. The van der Waals surface area contributed by atoms with Crippen LogP contribution in [0.3, 0.4) is 0 Å². The van der Waals surface area contributed by atoms with Crippen LogP contribution in [0.5, 0.6) is 0 Å². The van der Waals surface area contributed by atoms with Crippen LogP contribution >= 0.6 is 11.3 Å². The molecule has 0 aliphatic heterocycles. The predicted octanol–water partition coefficient (Wildman–Crippen LogP) is 1.61. The zero-order valence-electron chi connectivity index (χ0n) is 7.79. The number of nitrogens with zero attached hydrogens (tertiary/aromatic N) is 2. The van der Waals surface area contributed by atoms with E-state index in [1.165, 1.54) is 9.44 Å². The second-order valence-electron chi connectivity index (χ2n) is 3.12. The number of rotatable bonds is 0. The maximum atomic E-state index is 11.7. The van der Waals surface area contributed by atoms with Crippen molar-refractivity contribution >= 4 is 21.6 Å². The van der Waals surface area contributed by atoms with Gasteiger partial charge in [-0.05, 0) is 19.4 Å². The second-order valence-corrected chi connectivity index (χ2v) is 4.33. The number of thiophene rings is 1. The van der Waals surface area contributed by atoms with Crippen molar-refractivity contribution < 1.29 is 0 Å². The molecule has 0 bridgehead atoms. The highest BCUT2D eigenvalue weighted by atomic mass is 32.1. The van der Waals surface area contributed by atoms with Gasteiger partial charge in [0.2, 0.25) is 0 Å². The Morgan fingerprint density at radius 1 is 1.46 bits per heavy atom. The first-order chi connectivity index (χ1) is 6.11. The van der Waals surface area contributed by atoms with Gasteiger partial charge in [0.05, 0.1) is 11.7 Å². The van der Waals surface area contributed by atoms with Gasteiger partial charge in [-0.1, -0.05) is 0 Å². The van der Waals surface area contributed by atoms with E-state index in [0.717, 1.165) is 15.8 Å². The zero-order chi connectivity index (χ0) is 9.59. The summed E-state index contributed by atoms with van der Waals surface area (Å²) < 4.78 is 1.52. The van der Waals surface area contributed by atoms with Crippen LogP contribution in [0.4, 0.5) is 0 Å². The lowest BCUT2D eigenvalue weighted by atomic mass is 10.2. The van der Waals surface area contributed by atoms with Crippen molar-refractivity contribution in [2.75, 3.05) is 0 Å². The average molecular weight is 194 g/mol. The maximum absolute atomic E-state index is 11.7. The molecule has 0 aliphatic carbocycles. The SMILES string of the molecule is Cc1sc2ncn(C)c(=O)c2c1C. The van der Waals surface area contributed by atoms with Gasteiger partial charge in [0.15, 0.2) is 0 Å². The number of aromatic nitrogens is 2. The number of hydrogen-bond donors (Lipinski definition) is 0. The minimum absolute atomic E-state index is 0.0480. The fourth-order valence-corrected chi connectivity index (χ4v) is 2.31. The van der Waals surface area contributed by atoms with Crippen LogP contribution in [0.2, 0.25) is 0 Å². The molecule has 2 rings (SSSR count). The quantitative estimate of drug-likeness (QED) is 0.638. The van der Waals surface area contributed by atoms with Gasteiger partial charge in [-0.25, -0.2) is 4.98 Å². The van der Waals surface area contributed by atoms with Crippen LogP contribution in [-0.4, -0.2) is 9.55 Å². The Kier molecular flexibility index (Phi) is 1.73. The van der Waals surface area contributed by atoms with Crippen molar-refractivity contribution in [3.05, 3.63) is 27.1 Å². The van der Waals surface area contributed by atoms with Crippen LogP contribution in [-0.2, 0) is 7.05 Å². The predicted molar refractivity (Wildman–Crippen MR) is 54.3 cm³/mol. The summed E-state index contributed by atoms with van der Waals surface area (Å²) in [6, 6.07) is 0. The molecule has 0 aliphatic rings. The molecule has 2 aromatic heterocycles. The highest BCUT2D eigenvalue weighted by molar-refractivity contribution is 7.18. The topological polar surface area (TPSA) is 34.9 Å². The highest BCUT2D eigenvalue weighted by Crippen LogP contribution is 2.25. The van der Waals surface area contributed by atoms with Gasteiger partial charge in [0.25, 0.3) is 5.56 Å². The molecule has 0 unspecified atom stereocenters. The molecule has 4 heteroatoms. The van der Waals surface area contributed by atoms with Crippen molar-refractivity contribution in [1.82, 2.24) is 9.55 Å². The van der Waals surface area contributed by atoms with E-state index in [2.05, 4.69) is 4.98 Å². The Labute approximate surface area is 79.7 Å². The van der Waals surface area contributed by atoms with E-state index >= 15 is 0 Å². The van der Waals surface area contributed by atoms with E-state index in [1.54, 1.807) is 24.7 Å². The fourth-order valence-electron chi connectivity index (χ4n) is 1.32. The molecule has 13 heavy (non-hydrogen) atoms. The molecule has 0 aromatic carbocycles. The summed E-state index contributed by atoms with van der Waals surface area (Å²) in [5.74, 6) is 0. The van der Waals surface area contributed by atoms with Gasteiger partial charge in [-0.2, -0.15) is 0 Å². The average Bonchev–Trinajstić information content (AvgIpc) is 2.37. The van der Waals surface area contributed by atoms with Crippen molar-refractivity contribution in [3.63, 3.8) is 0 Å². The molecular weight excluding hydrogens is 184 g/mol. The summed E-state index contributed by atoms with van der Waals surface area (Å²) in [7, 11) is 1.72. The lowest BCUT2D eigenvalue weighted by molar-refractivity contribution is 0.844. The van der Waals surface area contributed by atoms with E-state index in [9.17, 15) is 4.79 Å². The Balaban J connectivity index is 3.06. The molecule has 0 spiro atoms. The van der Waals surface area contributed by atoms with E-state index in [1.807, 2.05) is 13.8 Å². The molecule has 0 N–H and O–H groups in total. The standard InChI is InChI=1S/C9H10N2OS/c1-5-6(2)13-8-7(5)9(12)11(3)4-10-8/h4H,1-3H3. The Hall–Kier alpha value is -1.16. The van der Waals surface area contributed by atoms with Gasteiger partial charge >= 0.3 is 0 Å². The Morgan fingerprint density at radius 2 is 2.15 bits per heavy atom. The summed E-state index contributed by atoms with van der Waals surface area (Å²) in [5, 5.41) is 0.771. The lowest BCUT2D eigenvalue weighted by Gasteiger charge is -1.95. The molecule has 0 saturated carbocycles. The third-order valence-corrected chi connectivity index (χ3v) is 3.36. The van der Waals surface area contributed by atoms with E-state index < -0.39 is 0 Å². The van der Waals surface area contributed by atoms with E-state index in [0.29, 0.717) is 0 Å². The summed E-state index contributed by atoms with van der Waals surface area (Å²) in [5.41, 5.74) is 1.11. The molecule has 0 radical (unpaired) electrons. The Morgan fingerprint density at radius 3 is 2.85 bits per heavy atom. The molecule has 0 saturated heterocycles. The number of aryl methyl sites for hydroxylation is 3. The smallest absolute Gasteiger partial charge is 0.262 e. The first-order valence-corrected chi connectivity index (χ1v) is 4.84. The summed E-state index contributed by atoms with van der Waals surface area (Å²) in [6.45, 7) is 3.98. The zero-order valence-corrected chi connectivity index (χ0v) is 8.60.